The molecule has 0 N–H and O–H groups in total. The summed E-state index contributed by atoms with van der Waals surface area (Å²) in [6.45, 7) is 0. The molecule has 6 aliphatic rings. The highest BCUT2D eigenvalue weighted by Crippen LogP contribution is 2.57. The lowest BCUT2D eigenvalue weighted by Crippen LogP contribution is -2.51. The Morgan fingerprint density at radius 2 is 1.33 bits per heavy atom. The molecule has 0 aromatic rings. The zero-order valence-electron chi connectivity index (χ0n) is 13.3. The Balaban J connectivity index is 1.35. The summed E-state index contributed by atoms with van der Waals surface area (Å²) in [6, 6.07) is 1.43. The van der Waals surface area contributed by atoms with E-state index in [1.807, 2.05) is 0 Å². The van der Waals surface area contributed by atoms with Crippen molar-refractivity contribution in [2.75, 3.05) is 7.05 Å². The molecule has 6 fully saturated rings. The van der Waals surface area contributed by atoms with Crippen molar-refractivity contribution in [1.82, 2.24) is 4.90 Å². The van der Waals surface area contributed by atoms with Gasteiger partial charge in [-0.25, -0.2) is 0 Å². The van der Waals surface area contributed by atoms with Crippen molar-refractivity contribution >= 4 is 5.78 Å². The first kappa shape index (κ1) is 13.1. The lowest BCUT2D eigenvalue weighted by molar-refractivity contribution is -0.142. The van der Waals surface area contributed by atoms with Crippen LogP contribution < -0.4 is 0 Å². The molecule has 0 radical (unpaired) electrons. The van der Waals surface area contributed by atoms with Crippen LogP contribution in [0.25, 0.3) is 0 Å². The predicted octanol–water partition coefficient (Wildman–Crippen LogP) is 3.50. The topological polar surface area (TPSA) is 20.3 Å². The predicted molar refractivity (Wildman–Crippen MR) is 82.8 cm³/mol. The molecule has 4 saturated carbocycles. The lowest BCUT2D eigenvalue weighted by Gasteiger charge is -2.54. The van der Waals surface area contributed by atoms with Crippen LogP contribution >= 0.6 is 0 Å². The summed E-state index contributed by atoms with van der Waals surface area (Å²) < 4.78 is 0. The molecule has 2 heteroatoms. The summed E-state index contributed by atoms with van der Waals surface area (Å²) in [5.41, 5.74) is 0. The first-order valence-corrected chi connectivity index (χ1v) is 9.44. The number of nitrogens with zero attached hydrogens (tertiary/aromatic N) is 1. The molecule has 6 bridgehead atoms. The molecule has 0 spiro atoms. The highest BCUT2D eigenvalue weighted by atomic mass is 16.1. The highest BCUT2D eigenvalue weighted by Gasteiger charge is 2.52. The summed E-state index contributed by atoms with van der Waals surface area (Å²) in [5, 5.41) is 0. The minimum atomic E-state index is 0.418. The fraction of sp³-hybridized carbons (Fsp3) is 0.947. The van der Waals surface area contributed by atoms with E-state index in [4.69, 9.17) is 0 Å². The molecule has 21 heavy (non-hydrogen) atoms. The van der Waals surface area contributed by atoms with E-state index < -0.39 is 0 Å². The van der Waals surface area contributed by atoms with Gasteiger partial charge in [-0.15, -0.1) is 0 Å². The minimum absolute atomic E-state index is 0.418. The van der Waals surface area contributed by atoms with E-state index in [1.165, 1.54) is 57.8 Å². The fourth-order valence-corrected chi connectivity index (χ4v) is 7.31. The van der Waals surface area contributed by atoms with Crippen molar-refractivity contribution in [3.8, 4) is 0 Å². The van der Waals surface area contributed by atoms with Crippen molar-refractivity contribution in [3.05, 3.63) is 0 Å². The van der Waals surface area contributed by atoms with Gasteiger partial charge in [0.05, 0.1) is 0 Å². The molecular weight excluding hydrogens is 258 g/mol. The van der Waals surface area contributed by atoms with Crippen LogP contribution in [0, 0.1) is 35.5 Å². The molecule has 2 atom stereocenters. The summed E-state index contributed by atoms with van der Waals surface area (Å²) >= 11 is 0. The molecular formula is C19H29NO. The zero-order chi connectivity index (χ0) is 14.1. The second-order valence-electron chi connectivity index (χ2n) is 9.08. The molecule has 0 aromatic carbocycles. The molecule has 2 aliphatic heterocycles. The first-order valence-electron chi connectivity index (χ1n) is 9.44. The zero-order valence-corrected chi connectivity index (χ0v) is 13.3. The standard InChI is InChI=1S/C19H29NO/c1-20-16-2-3-17(20)10-15(9-16)19(21)18-13-5-11-4-12(7-13)8-14(18)6-11/h11-18H,2-10H2,1H3. The minimum Gasteiger partial charge on any atom is -0.300 e. The van der Waals surface area contributed by atoms with Crippen LogP contribution in [0.2, 0.25) is 0 Å². The van der Waals surface area contributed by atoms with Gasteiger partial charge < -0.3 is 4.90 Å². The van der Waals surface area contributed by atoms with Gasteiger partial charge in [-0.05, 0) is 88.5 Å². The number of Topliss-reactive ketones (excluding diaryl/α,β-unsaturated/α-hetero) is 1. The van der Waals surface area contributed by atoms with Gasteiger partial charge >= 0.3 is 0 Å². The Bertz CT molecular complexity index is 416. The molecule has 116 valence electrons. The van der Waals surface area contributed by atoms with Crippen LogP contribution in [0.4, 0.5) is 0 Å². The number of hydrogen-bond donors (Lipinski definition) is 0. The van der Waals surface area contributed by atoms with Gasteiger partial charge in [0.1, 0.15) is 5.78 Å². The van der Waals surface area contributed by atoms with Crippen molar-refractivity contribution in [2.45, 2.75) is 69.9 Å². The highest BCUT2D eigenvalue weighted by molar-refractivity contribution is 5.84. The third-order valence-corrected chi connectivity index (χ3v) is 8.06. The van der Waals surface area contributed by atoms with Crippen LogP contribution in [0.1, 0.15) is 57.8 Å². The van der Waals surface area contributed by atoms with E-state index in [0.29, 0.717) is 17.6 Å². The fourth-order valence-electron chi connectivity index (χ4n) is 7.31. The Morgan fingerprint density at radius 3 is 1.86 bits per heavy atom. The molecule has 2 unspecified atom stereocenters. The number of carbonyl (C=O) groups is 1. The average Bonchev–Trinajstić information content (AvgIpc) is 2.68. The van der Waals surface area contributed by atoms with Crippen molar-refractivity contribution in [2.24, 2.45) is 35.5 Å². The van der Waals surface area contributed by atoms with Crippen molar-refractivity contribution in [1.29, 1.82) is 0 Å². The first-order chi connectivity index (χ1) is 10.2. The molecule has 2 saturated heterocycles. The SMILES string of the molecule is CN1C2CCC1CC(C(=O)C1C3CC4CC(C3)CC1C4)C2. The van der Waals surface area contributed by atoms with E-state index in [0.717, 1.165) is 35.8 Å². The van der Waals surface area contributed by atoms with Gasteiger partial charge in [-0.2, -0.15) is 0 Å². The number of rotatable bonds is 2. The Labute approximate surface area is 128 Å². The summed E-state index contributed by atoms with van der Waals surface area (Å²) in [4.78, 5) is 15.9. The molecule has 2 nitrogen and oxygen atoms in total. The van der Waals surface area contributed by atoms with Gasteiger partial charge in [-0.3, -0.25) is 4.79 Å². The summed E-state index contributed by atoms with van der Waals surface area (Å²) in [7, 11) is 2.28. The van der Waals surface area contributed by atoms with Crippen molar-refractivity contribution in [3.63, 3.8) is 0 Å². The van der Waals surface area contributed by atoms with E-state index >= 15 is 0 Å². The molecule has 0 aromatic heterocycles. The largest absolute Gasteiger partial charge is 0.300 e. The maximum atomic E-state index is 13.3. The van der Waals surface area contributed by atoms with Crippen LogP contribution in [0.15, 0.2) is 0 Å². The van der Waals surface area contributed by atoms with Crippen molar-refractivity contribution < 1.29 is 4.79 Å². The normalized spacial score (nSPS) is 55.1. The monoisotopic (exact) mass is 287 g/mol. The van der Waals surface area contributed by atoms with E-state index in [-0.39, 0.29) is 0 Å². The van der Waals surface area contributed by atoms with Crippen LogP contribution in [0.5, 0.6) is 0 Å². The third kappa shape index (κ3) is 1.90. The molecule has 6 rings (SSSR count). The van der Waals surface area contributed by atoms with Gasteiger partial charge in [-0.1, -0.05) is 0 Å². The molecule has 4 aliphatic carbocycles. The van der Waals surface area contributed by atoms with E-state index in [9.17, 15) is 4.79 Å². The Kier molecular flexibility index (Phi) is 2.85. The Hall–Kier alpha value is -0.370. The molecule has 0 amide bonds. The number of fused-ring (bicyclic) bond motifs is 2. The van der Waals surface area contributed by atoms with Gasteiger partial charge in [0.15, 0.2) is 0 Å². The Morgan fingerprint density at radius 1 is 0.810 bits per heavy atom. The number of ketones is 1. The summed E-state index contributed by atoms with van der Waals surface area (Å²) in [5.74, 6) is 5.16. The summed E-state index contributed by atoms with van der Waals surface area (Å²) in [6.07, 6.45) is 12.1. The quantitative estimate of drug-likeness (QED) is 0.775. The van der Waals surface area contributed by atoms with E-state index in [2.05, 4.69) is 11.9 Å². The second kappa shape index (κ2) is 4.57. The van der Waals surface area contributed by atoms with Crippen LogP contribution in [0.3, 0.4) is 0 Å². The number of carbonyl (C=O) groups excluding carboxylic acids is 1. The lowest BCUT2D eigenvalue weighted by atomic mass is 9.50. The maximum absolute atomic E-state index is 13.3. The number of hydrogen-bond acceptors (Lipinski definition) is 2. The second-order valence-corrected chi connectivity index (χ2v) is 9.08. The third-order valence-electron chi connectivity index (χ3n) is 8.06. The van der Waals surface area contributed by atoms with Gasteiger partial charge in [0.25, 0.3) is 0 Å². The van der Waals surface area contributed by atoms with Gasteiger partial charge in [0, 0.05) is 23.9 Å². The maximum Gasteiger partial charge on any atom is 0.139 e. The van der Waals surface area contributed by atoms with E-state index in [1.54, 1.807) is 0 Å². The smallest absolute Gasteiger partial charge is 0.139 e. The molecule has 2 heterocycles. The number of piperidine rings is 1. The average molecular weight is 287 g/mol. The van der Waals surface area contributed by atoms with Crippen LogP contribution in [-0.4, -0.2) is 29.8 Å². The van der Waals surface area contributed by atoms with Crippen LogP contribution in [-0.2, 0) is 4.79 Å². The van der Waals surface area contributed by atoms with Gasteiger partial charge in [0.2, 0.25) is 0 Å².